The summed E-state index contributed by atoms with van der Waals surface area (Å²) in [4.78, 5) is 37.8. The second-order valence-corrected chi connectivity index (χ2v) is 10.9. The predicted octanol–water partition coefficient (Wildman–Crippen LogP) is 5.33. The molecular weight excluding hydrogens is 650 g/mol. The maximum absolute atomic E-state index is 12.8. The molecule has 0 spiro atoms. The van der Waals surface area contributed by atoms with E-state index in [0.29, 0.717) is 29.7 Å². The van der Waals surface area contributed by atoms with Crippen molar-refractivity contribution in [2.45, 2.75) is 51.0 Å². The summed E-state index contributed by atoms with van der Waals surface area (Å²) >= 11 is 6.05. The van der Waals surface area contributed by atoms with Gasteiger partial charge in [-0.15, -0.1) is 0 Å². The Morgan fingerprint density at radius 2 is 1.46 bits per heavy atom. The maximum Gasteiger partial charge on any atom is 0.490 e. The van der Waals surface area contributed by atoms with Crippen molar-refractivity contribution in [2.24, 2.45) is 5.92 Å². The SMILES string of the molecule is O=C(CC1CCNCC1)Nc1nn(Cc2ccc(Cl)cc2)c2nc(N3CCCC3)ccc12.O=C(O)C(F)(F)F.O=C(O)C(F)(F)F. The first-order valence-corrected chi connectivity index (χ1v) is 14.4. The minimum Gasteiger partial charge on any atom is -0.475 e. The largest absolute Gasteiger partial charge is 0.490 e. The van der Waals surface area contributed by atoms with Crippen LogP contribution in [0.15, 0.2) is 36.4 Å². The smallest absolute Gasteiger partial charge is 0.475 e. The molecule has 18 heteroatoms. The summed E-state index contributed by atoms with van der Waals surface area (Å²) in [5.41, 5.74) is 1.88. The van der Waals surface area contributed by atoms with E-state index < -0.39 is 24.3 Å². The molecule has 5 rings (SSSR count). The lowest BCUT2D eigenvalue weighted by Crippen LogP contribution is -2.30. The molecule has 0 bridgehead atoms. The number of alkyl halides is 6. The Hall–Kier alpha value is -4.12. The minimum absolute atomic E-state index is 0.0264. The third kappa shape index (κ3) is 11.0. The van der Waals surface area contributed by atoms with Crippen molar-refractivity contribution < 1.29 is 50.9 Å². The molecule has 2 fully saturated rings. The zero-order valence-corrected chi connectivity index (χ0v) is 24.9. The highest BCUT2D eigenvalue weighted by molar-refractivity contribution is 6.30. The van der Waals surface area contributed by atoms with Crippen molar-refractivity contribution in [3.8, 4) is 0 Å². The number of anilines is 2. The molecular formula is C28H31ClF6N6O5. The molecule has 0 saturated carbocycles. The second kappa shape index (κ2) is 15.9. The summed E-state index contributed by atoms with van der Waals surface area (Å²) in [5.74, 6) is -3.50. The van der Waals surface area contributed by atoms with Gasteiger partial charge >= 0.3 is 24.3 Å². The fraction of sp³-hybridized carbons (Fsp3) is 0.464. The lowest BCUT2D eigenvalue weighted by atomic mass is 9.94. The van der Waals surface area contributed by atoms with Gasteiger partial charge < -0.3 is 25.7 Å². The van der Waals surface area contributed by atoms with Crippen LogP contribution < -0.4 is 15.5 Å². The van der Waals surface area contributed by atoms with Crippen LogP contribution in [0.2, 0.25) is 5.02 Å². The van der Waals surface area contributed by atoms with E-state index in [1.807, 2.05) is 41.1 Å². The summed E-state index contributed by atoms with van der Waals surface area (Å²) in [5, 5.41) is 27.0. The van der Waals surface area contributed by atoms with Gasteiger partial charge in [0.1, 0.15) is 5.82 Å². The third-order valence-electron chi connectivity index (χ3n) is 6.93. The summed E-state index contributed by atoms with van der Waals surface area (Å²) in [6, 6.07) is 11.8. The molecule has 1 aromatic carbocycles. The van der Waals surface area contributed by atoms with Gasteiger partial charge in [0.25, 0.3) is 0 Å². The van der Waals surface area contributed by atoms with Crippen LogP contribution in [0.5, 0.6) is 0 Å². The molecule has 2 saturated heterocycles. The number of hydrogen-bond acceptors (Lipinski definition) is 7. The van der Waals surface area contributed by atoms with E-state index >= 15 is 0 Å². The Balaban J connectivity index is 0.000000345. The fourth-order valence-corrected chi connectivity index (χ4v) is 4.79. The van der Waals surface area contributed by atoms with Gasteiger partial charge in [-0.1, -0.05) is 23.7 Å². The van der Waals surface area contributed by atoms with Gasteiger partial charge in [0, 0.05) is 24.5 Å². The monoisotopic (exact) mass is 680 g/mol. The Morgan fingerprint density at radius 1 is 0.913 bits per heavy atom. The van der Waals surface area contributed by atoms with E-state index in [0.717, 1.165) is 61.4 Å². The van der Waals surface area contributed by atoms with Crippen LogP contribution in [-0.4, -0.2) is 81.4 Å². The molecule has 0 aliphatic carbocycles. The molecule has 11 nitrogen and oxygen atoms in total. The van der Waals surface area contributed by atoms with Crippen LogP contribution in [0.25, 0.3) is 11.0 Å². The molecule has 2 aliphatic heterocycles. The minimum atomic E-state index is -5.08. The van der Waals surface area contributed by atoms with E-state index in [4.69, 9.17) is 41.5 Å². The molecule has 3 aromatic rings. The van der Waals surface area contributed by atoms with Crippen molar-refractivity contribution in [2.75, 3.05) is 36.4 Å². The molecule has 4 heterocycles. The number of carboxylic acids is 2. The first kappa shape index (κ1) is 36.3. The Morgan fingerprint density at radius 3 is 1.98 bits per heavy atom. The molecule has 2 aromatic heterocycles. The van der Waals surface area contributed by atoms with Crippen molar-refractivity contribution in [3.63, 3.8) is 0 Å². The number of fused-ring (bicyclic) bond motifs is 1. The third-order valence-corrected chi connectivity index (χ3v) is 7.18. The van der Waals surface area contributed by atoms with E-state index in [2.05, 4.69) is 15.5 Å². The van der Waals surface area contributed by atoms with Crippen LogP contribution in [-0.2, 0) is 20.9 Å². The molecule has 0 radical (unpaired) electrons. The van der Waals surface area contributed by atoms with Gasteiger partial charge in [-0.05, 0) is 74.5 Å². The number of aliphatic carboxylic acids is 2. The Kier molecular flexibility index (Phi) is 12.6. The molecule has 46 heavy (non-hydrogen) atoms. The van der Waals surface area contributed by atoms with Crippen LogP contribution in [0.4, 0.5) is 38.0 Å². The second-order valence-electron chi connectivity index (χ2n) is 10.4. The number of carbonyl (C=O) groups excluding carboxylic acids is 1. The summed E-state index contributed by atoms with van der Waals surface area (Å²) < 4.78 is 65.4. The van der Waals surface area contributed by atoms with Gasteiger partial charge in [-0.2, -0.15) is 31.4 Å². The number of aromatic nitrogens is 3. The number of benzene rings is 1. The number of carbonyl (C=O) groups is 3. The van der Waals surface area contributed by atoms with Gasteiger partial charge in [0.15, 0.2) is 11.5 Å². The standard InChI is InChI=1S/C24H29ClN6O.2C2HF3O2/c25-19-5-3-18(4-6-19)16-31-24-20(7-8-21(27-24)30-13-1-2-14-30)23(29-31)28-22(32)15-17-9-11-26-12-10-17;2*3-2(4,5)1(6)7/h3-8,17,26H,1-2,9-16H2,(H,28,29,32);2*(H,6,7). The number of rotatable bonds is 6. The number of nitrogens with one attached hydrogen (secondary N) is 2. The first-order chi connectivity index (χ1) is 21.5. The predicted molar refractivity (Wildman–Crippen MR) is 156 cm³/mol. The maximum atomic E-state index is 12.8. The number of pyridine rings is 1. The molecule has 1 amide bonds. The number of carboxylic acid groups (broad SMARTS) is 2. The topological polar surface area (TPSA) is 150 Å². The lowest BCUT2D eigenvalue weighted by Gasteiger charge is -2.21. The fourth-order valence-electron chi connectivity index (χ4n) is 4.66. The Labute approximate surface area is 263 Å². The van der Waals surface area contributed by atoms with Crippen LogP contribution in [0.1, 0.15) is 37.7 Å². The summed E-state index contributed by atoms with van der Waals surface area (Å²) in [6.07, 6.45) is -5.16. The quantitative estimate of drug-likeness (QED) is 0.254. The number of hydrogen-bond donors (Lipinski definition) is 4. The molecule has 0 unspecified atom stereocenters. The van der Waals surface area contributed by atoms with E-state index in [9.17, 15) is 31.1 Å². The highest BCUT2D eigenvalue weighted by Gasteiger charge is 2.38. The van der Waals surface area contributed by atoms with Crippen LogP contribution in [0.3, 0.4) is 0 Å². The van der Waals surface area contributed by atoms with Crippen molar-refractivity contribution in [1.29, 1.82) is 0 Å². The van der Waals surface area contributed by atoms with E-state index in [-0.39, 0.29) is 5.91 Å². The van der Waals surface area contributed by atoms with Crippen molar-refractivity contribution in [3.05, 3.63) is 47.0 Å². The highest BCUT2D eigenvalue weighted by atomic mass is 35.5. The van der Waals surface area contributed by atoms with Gasteiger partial charge in [0.2, 0.25) is 5.91 Å². The van der Waals surface area contributed by atoms with E-state index in [1.54, 1.807) is 0 Å². The number of nitrogens with zero attached hydrogens (tertiary/aromatic N) is 4. The molecule has 4 N–H and O–H groups in total. The number of amides is 1. The molecule has 252 valence electrons. The zero-order chi connectivity index (χ0) is 34.1. The van der Waals surface area contributed by atoms with Gasteiger partial charge in [0.05, 0.1) is 11.9 Å². The van der Waals surface area contributed by atoms with Gasteiger partial charge in [-0.3, -0.25) is 4.79 Å². The van der Waals surface area contributed by atoms with Crippen molar-refractivity contribution >= 4 is 52.1 Å². The zero-order valence-electron chi connectivity index (χ0n) is 24.2. The normalized spacial score (nSPS) is 15.4. The average Bonchev–Trinajstić information content (AvgIpc) is 3.63. The number of piperidine rings is 1. The van der Waals surface area contributed by atoms with Crippen molar-refractivity contribution in [1.82, 2.24) is 20.1 Å². The number of halogens is 7. The first-order valence-electron chi connectivity index (χ1n) is 14.0. The lowest BCUT2D eigenvalue weighted by molar-refractivity contribution is -0.193. The van der Waals surface area contributed by atoms with Gasteiger partial charge in [-0.25, -0.2) is 19.3 Å². The van der Waals surface area contributed by atoms with Crippen LogP contribution in [0, 0.1) is 5.92 Å². The Bertz CT molecular complexity index is 1460. The van der Waals surface area contributed by atoms with Crippen LogP contribution >= 0.6 is 11.6 Å². The summed E-state index contributed by atoms with van der Waals surface area (Å²) in [6.45, 7) is 4.60. The average molecular weight is 681 g/mol. The molecule has 2 aliphatic rings. The highest BCUT2D eigenvalue weighted by Crippen LogP contribution is 2.28. The summed E-state index contributed by atoms with van der Waals surface area (Å²) in [7, 11) is 0. The molecule has 0 atom stereocenters. The van der Waals surface area contributed by atoms with E-state index in [1.165, 1.54) is 12.8 Å².